The van der Waals surface area contributed by atoms with E-state index in [2.05, 4.69) is 11.2 Å². The topological polar surface area (TPSA) is 34.9 Å². The molecule has 0 aromatic carbocycles. The second kappa shape index (κ2) is 6.30. The van der Waals surface area contributed by atoms with Crippen LogP contribution in [0.5, 0.6) is 0 Å². The van der Waals surface area contributed by atoms with Crippen LogP contribution in [0, 0.1) is 0 Å². The van der Waals surface area contributed by atoms with Crippen LogP contribution in [0.4, 0.5) is 0 Å². The minimum atomic E-state index is -0.0511. The Morgan fingerprint density at radius 2 is 2.25 bits per heavy atom. The Hall–Kier alpha value is -0.480. The fraction of sp³-hybridized carbons (Fsp3) is 0.636. The molecule has 0 unspecified atom stereocenters. The number of aromatic nitrogens is 2. The van der Waals surface area contributed by atoms with Crippen LogP contribution in [0.3, 0.4) is 0 Å². The van der Waals surface area contributed by atoms with E-state index in [1.165, 1.54) is 6.07 Å². The molecule has 1 rings (SSSR count). The zero-order valence-electron chi connectivity index (χ0n) is 9.86. The molecule has 1 heterocycles. The lowest BCUT2D eigenvalue weighted by Gasteiger charge is -2.14. The van der Waals surface area contributed by atoms with Gasteiger partial charge in [-0.25, -0.2) is 4.98 Å². The Kier molecular flexibility index (Phi) is 5.35. The highest BCUT2D eigenvalue weighted by Crippen LogP contribution is 2.13. The van der Waals surface area contributed by atoms with Gasteiger partial charge in [0, 0.05) is 18.5 Å². The van der Waals surface area contributed by atoms with Gasteiger partial charge in [-0.3, -0.25) is 9.36 Å². The quantitative estimate of drug-likeness (QED) is 0.603. The summed E-state index contributed by atoms with van der Waals surface area (Å²) in [5.74, 6) is 2.03. The van der Waals surface area contributed by atoms with Crippen LogP contribution in [0.1, 0.15) is 32.0 Å². The van der Waals surface area contributed by atoms with Crippen molar-refractivity contribution >= 4 is 23.4 Å². The van der Waals surface area contributed by atoms with Crippen LogP contribution >= 0.6 is 23.4 Å². The van der Waals surface area contributed by atoms with Gasteiger partial charge in [-0.2, -0.15) is 11.8 Å². The molecular formula is C11H17ClN2OS. The summed E-state index contributed by atoms with van der Waals surface area (Å²) in [6.45, 7) is 4.75. The lowest BCUT2D eigenvalue weighted by Crippen LogP contribution is -2.25. The van der Waals surface area contributed by atoms with E-state index < -0.39 is 0 Å². The van der Waals surface area contributed by atoms with Gasteiger partial charge in [0.1, 0.15) is 11.0 Å². The Morgan fingerprint density at radius 3 is 2.81 bits per heavy atom. The van der Waals surface area contributed by atoms with Gasteiger partial charge < -0.3 is 0 Å². The summed E-state index contributed by atoms with van der Waals surface area (Å²) in [4.78, 5) is 16.0. The van der Waals surface area contributed by atoms with Crippen molar-refractivity contribution in [3.05, 3.63) is 27.4 Å². The third-order valence-electron chi connectivity index (χ3n) is 2.25. The van der Waals surface area contributed by atoms with E-state index in [9.17, 15) is 4.79 Å². The van der Waals surface area contributed by atoms with Gasteiger partial charge in [0.25, 0.3) is 5.56 Å². The molecule has 3 nitrogen and oxygen atoms in total. The molecule has 0 saturated carbocycles. The molecule has 90 valence electrons. The Morgan fingerprint density at radius 1 is 1.56 bits per heavy atom. The summed E-state index contributed by atoms with van der Waals surface area (Å²) < 4.78 is 1.73. The molecule has 0 radical (unpaired) electrons. The van der Waals surface area contributed by atoms with Gasteiger partial charge in [0.05, 0.1) is 0 Å². The van der Waals surface area contributed by atoms with E-state index in [4.69, 9.17) is 11.6 Å². The minimum absolute atomic E-state index is 0.0511. The summed E-state index contributed by atoms with van der Waals surface area (Å²) in [5.41, 5.74) is -0.0511. The average molecular weight is 261 g/mol. The lowest BCUT2D eigenvalue weighted by atomic mass is 10.2. The Bertz CT molecular complexity index is 403. The zero-order chi connectivity index (χ0) is 12.1. The zero-order valence-corrected chi connectivity index (χ0v) is 11.4. The Labute approximate surface area is 105 Å². The van der Waals surface area contributed by atoms with Crippen LogP contribution in [0.2, 0.25) is 5.15 Å². The fourth-order valence-electron chi connectivity index (χ4n) is 1.53. The van der Waals surface area contributed by atoms with Crippen molar-refractivity contribution in [1.29, 1.82) is 0 Å². The molecule has 16 heavy (non-hydrogen) atoms. The first-order valence-corrected chi connectivity index (χ1v) is 7.09. The van der Waals surface area contributed by atoms with Crippen molar-refractivity contribution in [3.63, 3.8) is 0 Å². The summed E-state index contributed by atoms with van der Waals surface area (Å²) in [6.07, 6.45) is 3.04. The molecule has 1 aromatic rings. The first-order valence-electron chi connectivity index (χ1n) is 5.32. The molecule has 0 spiro atoms. The van der Waals surface area contributed by atoms with Crippen molar-refractivity contribution in [2.75, 3.05) is 12.0 Å². The molecule has 1 aromatic heterocycles. The fourth-order valence-corrected chi connectivity index (χ4v) is 2.12. The van der Waals surface area contributed by atoms with Gasteiger partial charge in [-0.05, 0) is 18.4 Å². The van der Waals surface area contributed by atoms with Gasteiger partial charge in [0.2, 0.25) is 0 Å². The number of nitrogens with zero attached hydrogens (tertiary/aromatic N) is 2. The van der Waals surface area contributed by atoms with Gasteiger partial charge in [0.15, 0.2) is 0 Å². The molecule has 0 N–H and O–H groups in total. The van der Waals surface area contributed by atoms with Crippen molar-refractivity contribution in [1.82, 2.24) is 9.55 Å². The van der Waals surface area contributed by atoms with Crippen LogP contribution < -0.4 is 5.56 Å². The molecule has 0 bridgehead atoms. The number of halogens is 1. The highest BCUT2D eigenvalue weighted by atomic mass is 35.5. The second-order valence-corrected chi connectivity index (χ2v) is 5.30. The molecule has 5 heteroatoms. The van der Waals surface area contributed by atoms with Crippen LogP contribution in [0.15, 0.2) is 10.9 Å². The van der Waals surface area contributed by atoms with Crippen LogP contribution in [-0.2, 0) is 6.54 Å². The molecule has 0 amide bonds. The summed E-state index contributed by atoms with van der Waals surface area (Å²) in [5, 5.41) is 0.287. The number of rotatable bonds is 5. The maximum atomic E-state index is 11.8. The SMILES string of the molecule is CSCCCn1c(C(C)C)nc(Cl)cc1=O. The largest absolute Gasteiger partial charge is 0.296 e. The van der Waals surface area contributed by atoms with E-state index in [0.29, 0.717) is 0 Å². The highest BCUT2D eigenvalue weighted by Gasteiger charge is 2.10. The van der Waals surface area contributed by atoms with Gasteiger partial charge >= 0.3 is 0 Å². The van der Waals surface area contributed by atoms with Crippen molar-refractivity contribution in [2.45, 2.75) is 32.7 Å². The van der Waals surface area contributed by atoms with Crippen LogP contribution in [0.25, 0.3) is 0 Å². The first-order chi connectivity index (χ1) is 7.56. The van der Waals surface area contributed by atoms with E-state index in [1.54, 1.807) is 16.3 Å². The van der Waals surface area contributed by atoms with Crippen molar-refractivity contribution < 1.29 is 0 Å². The van der Waals surface area contributed by atoms with Gasteiger partial charge in [-0.1, -0.05) is 25.4 Å². The maximum Gasteiger partial charge on any atom is 0.254 e. The molecular weight excluding hydrogens is 244 g/mol. The molecule has 0 fully saturated rings. The molecule has 0 aliphatic heterocycles. The number of hydrogen-bond donors (Lipinski definition) is 0. The summed E-state index contributed by atoms with van der Waals surface area (Å²) >= 11 is 7.58. The van der Waals surface area contributed by atoms with E-state index in [1.807, 2.05) is 13.8 Å². The van der Waals surface area contributed by atoms with E-state index in [-0.39, 0.29) is 16.6 Å². The third kappa shape index (κ3) is 3.52. The average Bonchev–Trinajstić information content (AvgIpc) is 2.20. The standard InChI is InChI=1S/C11H17ClN2OS/c1-8(2)11-13-9(12)7-10(15)14(11)5-4-6-16-3/h7-8H,4-6H2,1-3H3. The number of hydrogen-bond acceptors (Lipinski definition) is 3. The molecule has 0 saturated heterocycles. The summed E-state index contributed by atoms with van der Waals surface area (Å²) in [6, 6.07) is 1.38. The van der Waals surface area contributed by atoms with Crippen LogP contribution in [-0.4, -0.2) is 21.6 Å². The highest BCUT2D eigenvalue weighted by molar-refractivity contribution is 7.98. The third-order valence-corrected chi connectivity index (χ3v) is 3.14. The van der Waals surface area contributed by atoms with E-state index >= 15 is 0 Å². The van der Waals surface area contributed by atoms with Gasteiger partial charge in [-0.15, -0.1) is 0 Å². The monoisotopic (exact) mass is 260 g/mol. The molecule has 0 aliphatic carbocycles. The minimum Gasteiger partial charge on any atom is -0.296 e. The Balaban J connectivity index is 3.00. The van der Waals surface area contributed by atoms with Crippen molar-refractivity contribution in [3.8, 4) is 0 Å². The van der Waals surface area contributed by atoms with Crippen molar-refractivity contribution in [2.24, 2.45) is 0 Å². The number of thioether (sulfide) groups is 1. The maximum absolute atomic E-state index is 11.8. The molecule has 0 aliphatic rings. The second-order valence-electron chi connectivity index (χ2n) is 3.93. The smallest absolute Gasteiger partial charge is 0.254 e. The predicted octanol–water partition coefficient (Wildman–Crippen LogP) is 2.77. The molecule has 0 atom stereocenters. The predicted molar refractivity (Wildman–Crippen MR) is 70.6 cm³/mol. The first kappa shape index (κ1) is 13.6. The van der Waals surface area contributed by atoms with E-state index in [0.717, 1.165) is 24.5 Å². The lowest BCUT2D eigenvalue weighted by molar-refractivity contribution is 0.574. The summed E-state index contributed by atoms with van der Waals surface area (Å²) in [7, 11) is 0. The normalized spacial score (nSPS) is 11.1.